The molecule has 1 aromatic rings. The van der Waals surface area contributed by atoms with Crippen molar-refractivity contribution in [2.75, 3.05) is 20.2 Å². The van der Waals surface area contributed by atoms with Gasteiger partial charge in [0, 0.05) is 13.6 Å². The molecular weight excluding hydrogens is 222 g/mol. The summed E-state index contributed by atoms with van der Waals surface area (Å²) in [7, 11) is 3.40. The zero-order chi connectivity index (χ0) is 13.0. The van der Waals surface area contributed by atoms with Crippen LogP contribution in [-0.2, 0) is 18.4 Å². The summed E-state index contributed by atoms with van der Waals surface area (Å²) in [5.74, 6) is -0.140. The molecule has 0 saturated heterocycles. The zero-order valence-corrected chi connectivity index (χ0v) is 10.7. The molecule has 0 aliphatic carbocycles. The number of hydrogen-bond donors (Lipinski definition) is 1. The second-order valence-corrected chi connectivity index (χ2v) is 3.89. The Balaban J connectivity index is 2.88. The fourth-order valence-electron chi connectivity index (χ4n) is 1.81. The summed E-state index contributed by atoms with van der Waals surface area (Å²) in [5.41, 5.74) is 1.81. The number of nitrogens with zero attached hydrogens (tertiary/aromatic N) is 3. The largest absolute Gasteiger partial charge is 0.481 e. The molecule has 0 saturated carbocycles. The van der Waals surface area contributed by atoms with E-state index in [1.165, 1.54) is 0 Å². The molecule has 1 aromatic heterocycles. The first-order valence-corrected chi connectivity index (χ1v) is 5.50. The molecule has 0 aromatic carbocycles. The van der Waals surface area contributed by atoms with Crippen molar-refractivity contribution in [1.29, 1.82) is 0 Å². The lowest BCUT2D eigenvalue weighted by Gasteiger charge is -2.18. The van der Waals surface area contributed by atoms with Gasteiger partial charge in [0.15, 0.2) is 0 Å². The van der Waals surface area contributed by atoms with E-state index in [1.807, 2.05) is 25.8 Å². The number of ether oxygens (including phenoxy) is 1. The number of carboxylic acid groups (broad SMARTS) is 1. The van der Waals surface area contributed by atoms with E-state index in [9.17, 15) is 4.79 Å². The topological polar surface area (TPSA) is 67.6 Å². The molecule has 0 fully saturated rings. The number of aryl methyl sites for hydroxylation is 2. The van der Waals surface area contributed by atoms with E-state index < -0.39 is 5.97 Å². The van der Waals surface area contributed by atoms with E-state index in [0.29, 0.717) is 19.0 Å². The van der Waals surface area contributed by atoms with Gasteiger partial charge in [0.1, 0.15) is 0 Å². The van der Waals surface area contributed by atoms with Crippen molar-refractivity contribution < 1.29 is 14.6 Å². The average molecular weight is 241 g/mol. The van der Waals surface area contributed by atoms with E-state index in [4.69, 9.17) is 9.84 Å². The van der Waals surface area contributed by atoms with Crippen molar-refractivity contribution in [2.24, 2.45) is 7.05 Å². The Morgan fingerprint density at radius 3 is 2.71 bits per heavy atom. The van der Waals surface area contributed by atoms with Gasteiger partial charge in [-0.05, 0) is 13.5 Å². The average Bonchev–Trinajstić information content (AvgIpc) is 2.51. The number of hydrogen-bond acceptors (Lipinski definition) is 4. The van der Waals surface area contributed by atoms with Crippen LogP contribution in [0.4, 0.5) is 0 Å². The van der Waals surface area contributed by atoms with Gasteiger partial charge in [0.05, 0.1) is 24.9 Å². The first kappa shape index (κ1) is 13.5. The van der Waals surface area contributed by atoms with Gasteiger partial charge in [-0.25, -0.2) is 4.68 Å². The second-order valence-electron chi connectivity index (χ2n) is 3.89. The van der Waals surface area contributed by atoms with Crippen LogP contribution in [0.15, 0.2) is 0 Å². The van der Waals surface area contributed by atoms with Crippen LogP contribution in [0.25, 0.3) is 0 Å². The third kappa shape index (κ3) is 3.20. The molecule has 6 nitrogen and oxygen atoms in total. The van der Waals surface area contributed by atoms with Crippen molar-refractivity contribution in [3.63, 3.8) is 0 Å². The summed E-state index contributed by atoms with van der Waals surface area (Å²) in [6.45, 7) is 5.05. The normalized spacial score (nSPS) is 10.9. The smallest absolute Gasteiger partial charge is 0.317 e. The minimum atomic E-state index is -0.827. The minimum Gasteiger partial charge on any atom is -0.481 e. The molecule has 1 heterocycles. The highest BCUT2D eigenvalue weighted by molar-refractivity contribution is 5.69. The van der Waals surface area contributed by atoms with Gasteiger partial charge in [-0.3, -0.25) is 9.69 Å². The molecule has 1 N–H and O–H groups in total. The molecular formula is C11H19N3O3. The number of aliphatic carboxylic acids is 1. The number of carbonyl (C=O) groups is 1. The van der Waals surface area contributed by atoms with Gasteiger partial charge >= 0.3 is 5.97 Å². The molecule has 96 valence electrons. The summed E-state index contributed by atoms with van der Waals surface area (Å²) in [6.07, 6.45) is 0. The van der Waals surface area contributed by atoms with Crippen LogP contribution >= 0.6 is 0 Å². The molecule has 0 aliphatic heterocycles. The monoisotopic (exact) mass is 241 g/mol. The maximum atomic E-state index is 10.7. The summed E-state index contributed by atoms with van der Waals surface area (Å²) in [6, 6.07) is 0. The van der Waals surface area contributed by atoms with Crippen LogP contribution < -0.4 is 4.74 Å². The van der Waals surface area contributed by atoms with Gasteiger partial charge in [-0.1, -0.05) is 6.92 Å². The van der Waals surface area contributed by atoms with Crippen LogP contribution in [0.3, 0.4) is 0 Å². The first-order valence-electron chi connectivity index (χ1n) is 5.50. The van der Waals surface area contributed by atoms with Crippen LogP contribution in [0.5, 0.6) is 5.88 Å². The van der Waals surface area contributed by atoms with Crippen LogP contribution in [0.2, 0.25) is 0 Å². The molecule has 0 aliphatic rings. The lowest BCUT2D eigenvalue weighted by atomic mass is 10.2. The lowest BCUT2D eigenvalue weighted by molar-refractivity contribution is -0.138. The Bertz CT molecular complexity index is 401. The summed E-state index contributed by atoms with van der Waals surface area (Å²) in [5, 5.41) is 13.1. The molecule has 0 amide bonds. The molecule has 0 unspecified atom stereocenters. The summed E-state index contributed by atoms with van der Waals surface area (Å²) >= 11 is 0. The molecule has 0 atom stereocenters. The molecule has 0 spiro atoms. The van der Waals surface area contributed by atoms with Crippen molar-refractivity contribution in [1.82, 2.24) is 14.7 Å². The minimum absolute atomic E-state index is 0.0218. The second kappa shape index (κ2) is 5.67. The number of rotatable bonds is 6. The maximum absolute atomic E-state index is 10.7. The number of likely N-dealkylation sites (N-methyl/N-ethyl adjacent to an activating group) is 1. The highest BCUT2D eigenvalue weighted by Gasteiger charge is 2.17. The summed E-state index contributed by atoms with van der Waals surface area (Å²) in [4.78, 5) is 12.5. The Labute approximate surface area is 101 Å². The molecule has 17 heavy (non-hydrogen) atoms. The molecule has 0 bridgehead atoms. The quantitative estimate of drug-likeness (QED) is 0.791. The SMILES string of the molecule is CCN(CC(=O)O)Cc1c(C)nn(C)c1OC. The molecule has 1 rings (SSSR count). The fourth-order valence-corrected chi connectivity index (χ4v) is 1.81. The number of methoxy groups -OCH3 is 1. The Morgan fingerprint density at radius 1 is 1.59 bits per heavy atom. The third-order valence-electron chi connectivity index (χ3n) is 2.67. The van der Waals surface area contributed by atoms with Gasteiger partial charge in [-0.15, -0.1) is 0 Å². The van der Waals surface area contributed by atoms with Gasteiger partial charge < -0.3 is 9.84 Å². The Kier molecular flexibility index (Phi) is 4.51. The van der Waals surface area contributed by atoms with Crippen molar-refractivity contribution >= 4 is 5.97 Å². The van der Waals surface area contributed by atoms with E-state index >= 15 is 0 Å². The van der Waals surface area contributed by atoms with E-state index in [1.54, 1.807) is 11.8 Å². The number of carboxylic acids is 1. The molecule has 6 heteroatoms. The van der Waals surface area contributed by atoms with Crippen LogP contribution in [0, 0.1) is 6.92 Å². The van der Waals surface area contributed by atoms with E-state index in [2.05, 4.69) is 5.10 Å². The lowest BCUT2D eigenvalue weighted by Crippen LogP contribution is -2.29. The van der Waals surface area contributed by atoms with Crippen LogP contribution in [-0.4, -0.2) is 46.0 Å². The van der Waals surface area contributed by atoms with Gasteiger partial charge in [0.2, 0.25) is 5.88 Å². The van der Waals surface area contributed by atoms with Crippen molar-refractivity contribution in [2.45, 2.75) is 20.4 Å². The maximum Gasteiger partial charge on any atom is 0.317 e. The van der Waals surface area contributed by atoms with E-state index in [-0.39, 0.29) is 6.54 Å². The zero-order valence-electron chi connectivity index (χ0n) is 10.7. The van der Waals surface area contributed by atoms with Gasteiger partial charge in [0.25, 0.3) is 0 Å². The third-order valence-corrected chi connectivity index (χ3v) is 2.67. The standard InChI is InChI=1S/C11H19N3O3/c1-5-14(7-10(15)16)6-9-8(2)12-13(3)11(9)17-4/h5-7H2,1-4H3,(H,15,16). The first-order chi connectivity index (χ1) is 7.99. The van der Waals surface area contributed by atoms with Gasteiger partial charge in [-0.2, -0.15) is 5.10 Å². The Hall–Kier alpha value is -1.56. The number of aromatic nitrogens is 2. The van der Waals surface area contributed by atoms with Crippen molar-refractivity contribution in [3.8, 4) is 5.88 Å². The Morgan fingerprint density at radius 2 is 2.24 bits per heavy atom. The van der Waals surface area contributed by atoms with Crippen molar-refractivity contribution in [3.05, 3.63) is 11.3 Å². The highest BCUT2D eigenvalue weighted by atomic mass is 16.5. The predicted octanol–water partition coefficient (Wildman–Crippen LogP) is 0.644. The highest BCUT2D eigenvalue weighted by Crippen LogP contribution is 2.22. The summed E-state index contributed by atoms with van der Waals surface area (Å²) < 4.78 is 6.94. The van der Waals surface area contributed by atoms with E-state index in [0.717, 1.165) is 11.3 Å². The molecule has 0 radical (unpaired) electrons. The fraction of sp³-hybridized carbons (Fsp3) is 0.636. The van der Waals surface area contributed by atoms with Crippen LogP contribution in [0.1, 0.15) is 18.2 Å². The predicted molar refractivity (Wildman–Crippen MR) is 63.1 cm³/mol.